The van der Waals surface area contributed by atoms with Crippen LogP contribution in [0.3, 0.4) is 0 Å². The van der Waals surface area contributed by atoms with Crippen molar-refractivity contribution in [1.82, 2.24) is 0 Å². The van der Waals surface area contributed by atoms with Gasteiger partial charge in [0.25, 0.3) is 5.69 Å². The molecule has 0 atom stereocenters. The van der Waals surface area contributed by atoms with Crippen molar-refractivity contribution in [2.45, 2.75) is 6.92 Å². The lowest BCUT2D eigenvalue weighted by Gasteiger charge is -2.09. The zero-order valence-corrected chi connectivity index (χ0v) is 10.8. The summed E-state index contributed by atoms with van der Waals surface area (Å²) < 4.78 is 32.4. The van der Waals surface area contributed by atoms with Crippen molar-refractivity contribution < 1.29 is 18.4 Å². The van der Waals surface area contributed by atoms with Gasteiger partial charge in [-0.1, -0.05) is 6.07 Å². The summed E-state index contributed by atoms with van der Waals surface area (Å²) in [6.07, 6.45) is 0. The van der Waals surface area contributed by atoms with E-state index in [1.165, 1.54) is 12.1 Å². The fourth-order valence-corrected chi connectivity index (χ4v) is 1.65. The third kappa shape index (κ3) is 2.95. The Balaban J connectivity index is 2.41. The fourth-order valence-electron chi connectivity index (χ4n) is 1.65. The van der Waals surface area contributed by atoms with Crippen LogP contribution in [0.25, 0.3) is 0 Å². The lowest BCUT2D eigenvalue weighted by molar-refractivity contribution is -0.385. The van der Waals surface area contributed by atoms with Gasteiger partial charge in [0.2, 0.25) is 0 Å². The third-order valence-electron chi connectivity index (χ3n) is 2.74. The number of nitro benzene ring substituents is 1. The molecule has 2 aromatic rings. The molecule has 0 fully saturated rings. The Morgan fingerprint density at radius 2 is 1.86 bits per heavy atom. The minimum Gasteiger partial charge on any atom is -0.451 e. The van der Waals surface area contributed by atoms with E-state index < -0.39 is 28.0 Å². The first-order chi connectivity index (χ1) is 9.92. The second-order valence-corrected chi connectivity index (χ2v) is 4.19. The summed E-state index contributed by atoms with van der Waals surface area (Å²) in [4.78, 5) is 9.58. The molecule has 0 saturated carbocycles. The molecular weight excluding hydrogens is 282 g/mol. The Hall–Kier alpha value is -3.01. The van der Waals surface area contributed by atoms with Crippen LogP contribution in [-0.2, 0) is 0 Å². The number of benzene rings is 2. The zero-order chi connectivity index (χ0) is 15.6. The molecule has 0 heterocycles. The van der Waals surface area contributed by atoms with Crippen molar-refractivity contribution in [2.24, 2.45) is 0 Å². The van der Waals surface area contributed by atoms with E-state index in [-0.39, 0.29) is 5.75 Å². The second-order valence-electron chi connectivity index (χ2n) is 4.19. The number of halogens is 2. The molecule has 0 aliphatic carbocycles. The molecule has 0 amide bonds. The van der Waals surface area contributed by atoms with E-state index in [4.69, 9.17) is 10.00 Å². The maximum Gasteiger partial charge on any atom is 0.275 e. The molecule has 0 aromatic heterocycles. The van der Waals surface area contributed by atoms with E-state index in [2.05, 4.69) is 0 Å². The van der Waals surface area contributed by atoms with Crippen LogP contribution in [-0.4, -0.2) is 4.92 Å². The Labute approximate surface area is 118 Å². The van der Waals surface area contributed by atoms with Gasteiger partial charge in [-0.05, 0) is 24.6 Å². The number of hydrogen-bond acceptors (Lipinski definition) is 4. The molecule has 0 saturated heterocycles. The maximum atomic E-state index is 13.7. The summed E-state index contributed by atoms with van der Waals surface area (Å²) in [6.45, 7) is 1.70. The monoisotopic (exact) mass is 290 g/mol. The SMILES string of the molecule is Cc1ccc(Oc2c(F)cc([N+](=O)[O-])cc2F)cc1C#N. The van der Waals surface area contributed by atoms with Crippen molar-refractivity contribution in [3.05, 3.63) is 63.2 Å². The van der Waals surface area contributed by atoms with Gasteiger partial charge in [0.05, 0.1) is 28.7 Å². The first kappa shape index (κ1) is 14.4. The van der Waals surface area contributed by atoms with E-state index in [9.17, 15) is 18.9 Å². The highest BCUT2D eigenvalue weighted by atomic mass is 19.1. The minimum atomic E-state index is -1.19. The van der Waals surface area contributed by atoms with Crippen LogP contribution in [0.4, 0.5) is 14.5 Å². The number of aryl methyl sites for hydroxylation is 1. The van der Waals surface area contributed by atoms with Gasteiger partial charge in [-0.25, -0.2) is 8.78 Å². The number of nitriles is 1. The lowest BCUT2D eigenvalue weighted by atomic mass is 10.1. The highest BCUT2D eigenvalue weighted by molar-refractivity contribution is 5.45. The number of hydrogen-bond donors (Lipinski definition) is 0. The van der Waals surface area contributed by atoms with Gasteiger partial charge in [0, 0.05) is 0 Å². The van der Waals surface area contributed by atoms with Crippen LogP contribution < -0.4 is 4.74 Å². The first-order valence-electron chi connectivity index (χ1n) is 5.74. The molecule has 2 aromatic carbocycles. The van der Waals surface area contributed by atoms with Gasteiger partial charge >= 0.3 is 0 Å². The molecule has 0 radical (unpaired) electrons. The third-order valence-corrected chi connectivity index (χ3v) is 2.74. The van der Waals surface area contributed by atoms with Gasteiger partial charge < -0.3 is 4.74 Å². The van der Waals surface area contributed by atoms with Crippen molar-refractivity contribution in [1.29, 1.82) is 5.26 Å². The predicted octanol–water partition coefficient (Wildman–Crippen LogP) is 3.85. The molecule has 106 valence electrons. The van der Waals surface area contributed by atoms with Crippen LogP contribution in [0.1, 0.15) is 11.1 Å². The zero-order valence-electron chi connectivity index (χ0n) is 10.8. The summed E-state index contributed by atoms with van der Waals surface area (Å²) >= 11 is 0. The predicted molar refractivity (Wildman–Crippen MR) is 69.0 cm³/mol. The van der Waals surface area contributed by atoms with Crippen LogP contribution in [0.5, 0.6) is 11.5 Å². The molecule has 0 bridgehead atoms. The average Bonchev–Trinajstić information content (AvgIpc) is 2.44. The highest BCUT2D eigenvalue weighted by Gasteiger charge is 2.19. The topological polar surface area (TPSA) is 76.2 Å². The van der Waals surface area contributed by atoms with E-state index in [1.54, 1.807) is 13.0 Å². The van der Waals surface area contributed by atoms with E-state index in [1.807, 2.05) is 6.07 Å². The standard InChI is InChI=1S/C14H8F2N2O3/c1-8-2-3-11(4-9(8)7-17)21-14-12(15)5-10(18(19)20)6-13(14)16/h2-6H,1H3. The van der Waals surface area contributed by atoms with E-state index >= 15 is 0 Å². The number of ether oxygens (including phenoxy) is 1. The van der Waals surface area contributed by atoms with Gasteiger partial charge in [-0.3, -0.25) is 10.1 Å². The van der Waals surface area contributed by atoms with Crippen molar-refractivity contribution in [3.63, 3.8) is 0 Å². The highest BCUT2D eigenvalue weighted by Crippen LogP contribution is 2.31. The summed E-state index contributed by atoms with van der Waals surface area (Å²) in [5.74, 6) is -3.08. The van der Waals surface area contributed by atoms with Crippen LogP contribution in [0.2, 0.25) is 0 Å². The largest absolute Gasteiger partial charge is 0.451 e. The van der Waals surface area contributed by atoms with Gasteiger partial charge in [-0.2, -0.15) is 5.26 Å². The summed E-state index contributed by atoms with van der Waals surface area (Å²) in [5, 5.41) is 19.4. The average molecular weight is 290 g/mol. The first-order valence-corrected chi connectivity index (χ1v) is 5.74. The Bertz CT molecular complexity index is 746. The molecule has 21 heavy (non-hydrogen) atoms. The molecular formula is C14H8F2N2O3. The van der Waals surface area contributed by atoms with Crippen LogP contribution >= 0.6 is 0 Å². The normalized spacial score (nSPS) is 10.0. The fraction of sp³-hybridized carbons (Fsp3) is 0.0714. The van der Waals surface area contributed by atoms with Crippen LogP contribution in [0, 0.1) is 40.0 Å². The number of nitrogens with zero attached hydrogens (tertiary/aromatic N) is 2. The summed E-state index contributed by atoms with van der Waals surface area (Å²) in [6, 6.07) is 7.39. The Morgan fingerprint density at radius 1 is 1.24 bits per heavy atom. The van der Waals surface area contributed by atoms with Gasteiger partial charge in [0.15, 0.2) is 17.4 Å². The van der Waals surface area contributed by atoms with Crippen LogP contribution in [0.15, 0.2) is 30.3 Å². The summed E-state index contributed by atoms with van der Waals surface area (Å²) in [5.41, 5.74) is 0.281. The number of non-ortho nitro benzene ring substituents is 1. The van der Waals surface area contributed by atoms with Crippen molar-refractivity contribution >= 4 is 5.69 Å². The quantitative estimate of drug-likeness (QED) is 0.635. The van der Waals surface area contributed by atoms with E-state index in [0.29, 0.717) is 23.3 Å². The minimum absolute atomic E-state index is 0.0591. The van der Waals surface area contributed by atoms with Crippen molar-refractivity contribution in [3.8, 4) is 17.6 Å². The lowest BCUT2D eigenvalue weighted by Crippen LogP contribution is -1.97. The smallest absolute Gasteiger partial charge is 0.275 e. The second kappa shape index (κ2) is 5.54. The molecule has 2 rings (SSSR count). The molecule has 0 spiro atoms. The molecule has 0 aliphatic rings. The Morgan fingerprint density at radius 3 is 2.38 bits per heavy atom. The van der Waals surface area contributed by atoms with Gasteiger partial charge in [0.1, 0.15) is 5.75 Å². The van der Waals surface area contributed by atoms with E-state index in [0.717, 1.165) is 0 Å². The summed E-state index contributed by atoms with van der Waals surface area (Å²) in [7, 11) is 0. The molecule has 0 N–H and O–H groups in total. The Kier molecular flexibility index (Phi) is 3.80. The maximum absolute atomic E-state index is 13.7. The number of nitro groups is 1. The molecule has 5 nitrogen and oxygen atoms in total. The van der Waals surface area contributed by atoms with Gasteiger partial charge in [-0.15, -0.1) is 0 Å². The molecule has 0 aliphatic heterocycles. The van der Waals surface area contributed by atoms with Crippen molar-refractivity contribution in [2.75, 3.05) is 0 Å². The number of rotatable bonds is 3. The molecule has 7 heteroatoms. The molecule has 0 unspecified atom stereocenters.